The quantitative estimate of drug-likeness (QED) is 0.785. The number of thioether (sulfide) groups is 1. The SMILES string of the molecule is O=C1CC(=O)N2C(=N1)SC[C@]2(O)c1ccc(Br)cc1. The first-order chi connectivity index (χ1) is 9.00. The molecule has 5 nitrogen and oxygen atoms in total. The van der Waals surface area contributed by atoms with Crippen LogP contribution in [0.2, 0.25) is 0 Å². The van der Waals surface area contributed by atoms with Crippen LogP contribution in [0.25, 0.3) is 0 Å². The normalized spacial score (nSPS) is 26.4. The van der Waals surface area contributed by atoms with Gasteiger partial charge in [0.2, 0.25) is 5.91 Å². The van der Waals surface area contributed by atoms with Crippen LogP contribution in [0.3, 0.4) is 0 Å². The van der Waals surface area contributed by atoms with Gasteiger partial charge in [-0.15, -0.1) is 0 Å². The van der Waals surface area contributed by atoms with Crippen LogP contribution >= 0.6 is 27.7 Å². The Kier molecular flexibility index (Phi) is 2.99. The first kappa shape index (κ1) is 12.8. The third kappa shape index (κ3) is 2.01. The summed E-state index contributed by atoms with van der Waals surface area (Å²) in [4.78, 5) is 28.3. The van der Waals surface area contributed by atoms with Crippen molar-refractivity contribution in [2.45, 2.75) is 12.1 Å². The first-order valence-electron chi connectivity index (χ1n) is 5.56. The highest BCUT2D eigenvalue weighted by Gasteiger charge is 2.50. The molecular formula is C12H9BrN2O3S. The molecule has 1 N–H and O–H groups in total. The third-order valence-corrected chi connectivity index (χ3v) is 4.65. The van der Waals surface area contributed by atoms with Crippen molar-refractivity contribution in [1.29, 1.82) is 0 Å². The van der Waals surface area contributed by atoms with E-state index in [2.05, 4.69) is 20.9 Å². The van der Waals surface area contributed by atoms with E-state index in [0.717, 1.165) is 4.47 Å². The summed E-state index contributed by atoms with van der Waals surface area (Å²) >= 11 is 4.54. The number of hydrogen-bond acceptors (Lipinski definition) is 4. The molecule has 0 aromatic heterocycles. The highest BCUT2D eigenvalue weighted by molar-refractivity contribution is 9.10. The number of rotatable bonds is 1. The fourth-order valence-corrected chi connectivity index (χ4v) is 3.57. The summed E-state index contributed by atoms with van der Waals surface area (Å²) in [5.74, 6) is -0.596. The van der Waals surface area contributed by atoms with E-state index in [9.17, 15) is 14.7 Å². The summed E-state index contributed by atoms with van der Waals surface area (Å²) in [6.07, 6.45) is -0.289. The highest BCUT2D eigenvalue weighted by Crippen LogP contribution is 2.41. The van der Waals surface area contributed by atoms with Gasteiger partial charge in [0.1, 0.15) is 6.42 Å². The lowest BCUT2D eigenvalue weighted by molar-refractivity contribution is -0.147. The van der Waals surface area contributed by atoms with Crippen molar-refractivity contribution in [3.05, 3.63) is 34.3 Å². The topological polar surface area (TPSA) is 70.0 Å². The fourth-order valence-electron chi connectivity index (χ4n) is 2.13. The predicted molar refractivity (Wildman–Crippen MR) is 74.4 cm³/mol. The van der Waals surface area contributed by atoms with E-state index >= 15 is 0 Å². The van der Waals surface area contributed by atoms with E-state index in [-0.39, 0.29) is 17.3 Å². The van der Waals surface area contributed by atoms with E-state index in [1.54, 1.807) is 24.3 Å². The maximum absolute atomic E-state index is 12.0. The van der Waals surface area contributed by atoms with Crippen LogP contribution in [-0.4, -0.2) is 32.7 Å². The van der Waals surface area contributed by atoms with Crippen molar-refractivity contribution >= 4 is 44.7 Å². The molecule has 3 rings (SSSR count). The molecule has 2 aliphatic heterocycles. The van der Waals surface area contributed by atoms with Gasteiger partial charge in [0.25, 0.3) is 5.91 Å². The van der Waals surface area contributed by atoms with Crippen molar-refractivity contribution in [2.75, 3.05) is 5.75 Å². The zero-order valence-corrected chi connectivity index (χ0v) is 12.1. The average Bonchev–Trinajstić information content (AvgIpc) is 2.69. The van der Waals surface area contributed by atoms with Gasteiger partial charge in [-0.2, -0.15) is 4.99 Å². The fraction of sp³-hybridized carbons (Fsp3) is 0.250. The molecule has 98 valence electrons. The lowest BCUT2D eigenvalue weighted by Crippen LogP contribution is -2.50. The third-order valence-electron chi connectivity index (χ3n) is 3.04. The smallest absolute Gasteiger partial charge is 0.257 e. The van der Waals surface area contributed by atoms with Crippen LogP contribution < -0.4 is 0 Å². The number of benzene rings is 1. The zero-order chi connectivity index (χ0) is 13.6. The predicted octanol–water partition coefficient (Wildman–Crippen LogP) is 1.46. The van der Waals surface area contributed by atoms with Crippen LogP contribution in [0.4, 0.5) is 0 Å². The summed E-state index contributed by atoms with van der Waals surface area (Å²) in [5.41, 5.74) is -0.821. The molecule has 19 heavy (non-hydrogen) atoms. The summed E-state index contributed by atoms with van der Waals surface area (Å²) in [5, 5.41) is 11.1. The van der Waals surface area contributed by atoms with E-state index < -0.39 is 17.5 Å². The Bertz CT molecular complexity index is 601. The lowest BCUT2D eigenvalue weighted by atomic mass is 10.0. The van der Waals surface area contributed by atoms with Crippen LogP contribution in [-0.2, 0) is 15.3 Å². The molecule has 1 aromatic rings. The molecule has 1 fully saturated rings. The zero-order valence-electron chi connectivity index (χ0n) is 9.67. The van der Waals surface area contributed by atoms with Crippen molar-refractivity contribution in [3.8, 4) is 0 Å². The number of amidine groups is 1. The first-order valence-corrected chi connectivity index (χ1v) is 7.34. The molecule has 1 atom stereocenters. The number of carbonyl (C=O) groups is 2. The van der Waals surface area contributed by atoms with Gasteiger partial charge in [-0.25, -0.2) is 0 Å². The minimum atomic E-state index is -1.43. The van der Waals surface area contributed by atoms with Crippen LogP contribution in [0.15, 0.2) is 33.7 Å². The number of nitrogens with zero attached hydrogens (tertiary/aromatic N) is 2. The Hall–Kier alpha value is -1.18. The number of fused-ring (bicyclic) bond motifs is 1. The Morgan fingerprint density at radius 1 is 1.32 bits per heavy atom. The lowest BCUT2D eigenvalue weighted by Gasteiger charge is -2.33. The van der Waals surface area contributed by atoms with Gasteiger partial charge in [-0.05, 0) is 12.1 Å². The largest absolute Gasteiger partial charge is 0.366 e. The summed E-state index contributed by atoms with van der Waals surface area (Å²) in [6.45, 7) is 0. The van der Waals surface area contributed by atoms with Gasteiger partial charge >= 0.3 is 0 Å². The molecule has 0 unspecified atom stereocenters. The molecule has 2 heterocycles. The number of aliphatic hydroxyl groups is 1. The Labute approximate surface area is 121 Å². The number of halogens is 1. The molecule has 1 saturated heterocycles. The number of hydrogen-bond donors (Lipinski definition) is 1. The minimum absolute atomic E-state index is 0.270. The molecule has 7 heteroatoms. The van der Waals surface area contributed by atoms with Crippen molar-refractivity contribution in [3.63, 3.8) is 0 Å². The van der Waals surface area contributed by atoms with E-state index in [1.807, 2.05) is 0 Å². The van der Waals surface area contributed by atoms with Crippen molar-refractivity contribution < 1.29 is 14.7 Å². The van der Waals surface area contributed by atoms with Crippen LogP contribution in [0.1, 0.15) is 12.0 Å². The molecule has 0 spiro atoms. The van der Waals surface area contributed by atoms with Crippen LogP contribution in [0, 0.1) is 0 Å². The second-order valence-electron chi connectivity index (χ2n) is 4.31. The van der Waals surface area contributed by atoms with Gasteiger partial charge in [0, 0.05) is 10.0 Å². The second-order valence-corrected chi connectivity index (χ2v) is 6.16. The molecule has 0 radical (unpaired) electrons. The summed E-state index contributed by atoms with van der Waals surface area (Å²) in [6, 6.07) is 7.09. The molecule has 1 aromatic carbocycles. The molecule has 0 aliphatic carbocycles. The van der Waals surface area contributed by atoms with Gasteiger partial charge in [-0.3, -0.25) is 14.5 Å². The van der Waals surface area contributed by atoms with Gasteiger partial charge in [0.05, 0.1) is 5.75 Å². The van der Waals surface area contributed by atoms with E-state index in [1.165, 1.54) is 16.7 Å². The standard InChI is InChI=1S/C12H9BrN2O3S/c13-8-3-1-7(2-4-8)12(18)6-19-11-14-9(16)5-10(17)15(11)12/h1-4,18H,5-6H2/t12-/m0/s1. The number of aliphatic imine (C=N–C) groups is 1. The summed E-state index contributed by atoms with van der Waals surface area (Å²) in [7, 11) is 0. The molecule has 0 bridgehead atoms. The Morgan fingerprint density at radius 3 is 2.68 bits per heavy atom. The average molecular weight is 341 g/mol. The molecule has 2 aliphatic rings. The molecule has 0 saturated carbocycles. The van der Waals surface area contributed by atoms with E-state index in [4.69, 9.17) is 0 Å². The van der Waals surface area contributed by atoms with Crippen LogP contribution in [0.5, 0.6) is 0 Å². The van der Waals surface area contributed by atoms with Gasteiger partial charge < -0.3 is 5.11 Å². The molecule has 2 amide bonds. The van der Waals surface area contributed by atoms with E-state index in [0.29, 0.717) is 5.56 Å². The minimum Gasteiger partial charge on any atom is -0.366 e. The van der Waals surface area contributed by atoms with Crippen molar-refractivity contribution in [1.82, 2.24) is 4.90 Å². The Morgan fingerprint density at radius 2 is 2.00 bits per heavy atom. The monoisotopic (exact) mass is 340 g/mol. The number of amides is 2. The maximum Gasteiger partial charge on any atom is 0.257 e. The molecular weight excluding hydrogens is 332 g/mol. The van der Waals surface area contributed by atoms with Crippen molar-refractivity contribution in [2.24, 2.45) is 4.99 Å². The summed E-state index contributed by atoms with van der Waals surface area (Å²) < 4.78 is 0.888. The maximum atomic E-state index is 12.0. The number of carbonyl (C=O) groups excluding carboxylic acids is 2. The highest BCUT2D eigenvalue weighted by atomic mass is 79.9. The Balaban J connectivity index is 2.06. The van der Waals surface area contributed by atoms with Gasteiger partial charge in [0.15, 0.2) is 10.9 Å². The van der Waals surface area contributed by atoms with Gasteiger partial charge in [-0.1, -0.05) is 39.8 Å². The second kappa shape index (κ2) is 4.43.